The Morgan fingerprint density at radius 2 is 1.73 bits per heavy atom. The van der Waals surface area contributed by atoms with E-state index in [9.17, 15) is 19.2 Å². The number of rotatable bonds is 10. The van der Waals surface area contributed by atoms with E-state index < -0.39 is 30.3 Å². The first-order chi connectivity index (χ1) is 15.9. The summed E-state index contributed by atoms with van der Waals surface area (Å²) in [5.41, 5.74) is 0.346. The van der Waals surface area contributed by atoms with Gasteiger partial charge in [-0.2, -0.15) is 0 Å². The van der Waals surface area contributed by atoms with E-state index in [2.05, 4.69) is 10.3 Å². The van der Waals surface area contributed by atoms with Crippen LogP contribution in [0.1, 0.15) is 26.7 Å². The van der Waals surface area contributed by atoms with Gasteiger partial charge in [0.2, 0.25) is 5.91 Å². The summed E-state index contributed by atoms with van der Waals surface area (Å²) in [6.45, 7) is 4.09. The second-order valence-electron chi connectivity index (χ2n) is 7.03. The molecule has 1 saturated heterocycles. The molecule has 1 N–H and O–H groups in total. The first-order valence-electron chi connectivity index (χ1n) is 10.4. The molecule has 0 radical (unpaired) electrons. The van der Waals surface area contributed by atoms with Gasteiger partial charge < -0.3 is 14.8 Å². The molecule has 1 fully saturated rings. The van der Waals surface area contributed by atoms with Crippen molar-refractivity contribution in [2.75, 3.05) is 30.0 Å². The minimum atomic E-state index is -1.12. The summed E-state index contributed by atoms with van der Waals surface area (Å²) in [5.74, 6) is -2.09. The van der Waals surface area contributed by atoms with Gasteiger partial charge in [0.25, 0.3) is 0 Å². The molecule has 174 valence electrons. The number of carbonyl (C=O) groups excluding carboxylic acids is 4. The van der Waals surface area contributed by atoms with Crippen LogP contribution in [-0.4, -0.2) is 53.4 Å². The number of anilines is 2. The van der Waals surface area contributed by atoms with Crippen LogP contribution in [-0.2, 0) is 14.4 Å². The highest BCUT2D eigenvalue weighted by molar-refractivity contribution is 6.53. The molecule has 1 aromatic heterocycles. The van der Waals surface area contributed by atoms with Crippen LogP contribution < -0.4 is 19.7 Å². The molecule has 1 aromatic carbocycles. The van der Waals surface area contributed by atoms with Crippen LogP contribution in [0.25, 0.3) is 0 Å². The maximum absolute atomic E-state index is 12.9. The molecule has 0 saturated carbocycles. The number of hydrogen-bond donors (Lipinski definition) is 1. The number of halogens is 1. The Kier molecular flexibility index (Phi) is 7.83. The van der Waals surface area contributed by atoms with Crippen LogP contribution in [0, 0.1) is 0 Å². The van der Waals surface area contributed by atoms with Crippen molar-refractivity contribution in [3.05, 3.63) is 41.7 Å². The summed E-state index contributed by atoms with van der Waals surface area (Å²) >= 11 is 5.91. The van der Waals surface area contributed by atoms with Crippen molar-refractivity contribution in [3.63, 3.8) is 0 Å². The molecule has 1 aliphatic rings. The highest BCUT2D eigenvalue weighted by atomic mass is 35.5. The van der Waals surface area contributed by atoms with Crippen LogP contribution in [0.15, 0.2) is 36.5 Å². The highest BCUT2D eigenvalue weighted by Gasteiger charge is 2.46. The Balaban J connectivity index is 1.79. The Hall–Kier alpha value is -3.66. The van der Waals surface area contributed by atoms with E-state index in [4.69, 9.17) is 21.1 Å². The predicted octanol–water partition coefficient (Wildman–Crippen LogP) is 3.25. The van der Waals surface area contributed by atoms with Gasteiger partial charge in [-0.05, 0) is 37.1 Å². The first kappa shape index (κ1) is 24.0. The molecule has 5 amide bonds. The number of urea groups is 1. The summed E-state index contributed by atoms with van der Waals surface area (Å²) in [6.07, 6.45) is 2.97. The lowest BCUT2D eigenvalue weighted by atomic mass is 10.2. The molecule has 33 heavy (non-hydrogen) atoms. The van der Waals surface area contributed by atoms with Gasteiger partial charge in [-0.15, -0.1) is 0 Å². The normalized spacial score (nSPS) is 13.5. The van der Waals surface area contributed by atoms with Gasteiger partial charge in [0.05, 0.1) is 24.6 Å². The van der Waals surface area contributed by atoms with Crippen molar-refractivity contribution >= 4 is 46.7 Å². The van der Waals surface area contributed by atoms with Crippen molar-refractivity contribution in [1.29, 1.82) is 0 Å². The molecular weight excluding hydrogens is 452 g/mol. The molecule has 0 atom stereocenters. The minimum Gasteiger partial charge on any atom is -0.490 e. The van der Waals surface area contributed by atoms with E-state index in [0.717, 1.165) is 12.8 Å². The molecule has 0 spiro atoms. The zero-order valence-corrected chi connectivity index (χ0v) is 18.9. The average molecular weight is 475 g/mol. The van der Waals surface area contributed by atoms with Crippen molar-refractivity contribution < 1.29 is 28.7 Å². The average Bonchev–Trinajstić information content (AvgIpc) is 3.01. The summed E-state index contributed by atoms with van der Waals surface area (Å²) in [4.78, 5) is 55.4. The quantitative estimate of drug-likeness (QED) is 0.319. The smallest absolute Gasteiger partial charge is 0.339 e. The fraction of sp³-hybridized carbons (Fsp3) is 0.318. The lowest BCUT2D eigenvalue weighted by Crippen LogP contribution is -2.39. The molecular formula is C22H23ClN4O6. The topological polar surface area (TPSA) is 118 Å². The molecule has 0 bridgehead atoms. The minimum absolute atomic E-state index is 0.0487. The van der Waals surface area contributed by atoms with E-state index >= 15 is 0 Å². The molecule has 0 unspecified atom stereocenters. The molecule has 1 aliphatic heterocycles. The van der Waals surface area contributed by atoms with Crippen molar-refractivity contribution in [2.24, 2.45) is 0 Å². The number of pyridine rings is 1. The Morgan fingerprint density at radius 1 is 1.03 bits per heavy atom. The van der Waals surface area contributed by atoms with Gasteiger partial charge in [0, 0.05) is 12.3 Å². The Morgan fingerprint density at radius 3 is 2.39 bits per heavy atom. The second-order valence-corrected chi connectivity index (χ2v) is 7.39. The predicted molar refractivity (Wildman–Crippen MR) is 120 cm³/mol. The maximum Gasteiger partial charge on any atom is 0.339 e. The van der Waals surface area contributed by atoms with Crippen LogP contribution >= 0.6 is 11.6 Å². The van der Waals surface area contributed by atoms with Gasteiger partial charge in [0.15, 0.2) is 16.7 Å². The number of carbonyl (C=O) groups is 4. The van der Waals surface area contributed by atoms with Gasteiger partial charge in [0.1, 0.15) is 6.54 Å². The van der Waals surface area contributed by atoms with Gasteiger partial charge in [-0.3, -0.25) is 14.4 Å². The zero-order chi connectivity index (χ0) is 24.0. The largest absolute Gasteiger partial charge is 0.490 e. The Labute approximate surface area is 195 Å². The van der Waals surface area contributed by atoms with E-state index in [1.807, 2.05) is 13.8 Å². The molecule has 2 aromatic rings. The number of ether oxygens (including phenoxy) is 2. The van der Waals surface area contributed by atoms with Crippen LogP contribution in [0.5, 0.6) is 11.5 Å². The lowest BCUT2D eigenvalue weighted by Gasteiger charge is -2.18. The number of aromatic nitrogens is 1. The number of hydrogen-bond acceptors (Lipinski definition) is 7. The molecule has 11 heteroatoms. The zero-order valence-electron chi connectivity index (χ0n) is 18.2. The summed E-state index contributed by atoms with van der Waals surface area (Å²) in [6, 6.07) is 6.64. The molecule has 3 rings (SSSR count). The summed E-state index contributed by atoms with van der Waals surface area (Å²) < 4.78 is 11.4. The highest BCUT2D eigenvalue weighted by Crippen LogP contribution is 2.34. The fourth-order valence-electron chi connectivity index (χ4n) is 2.98. The summed E-state index contributed by atoms with van der Waals surface area (Å²) in [5, 5.41) is 2.51. The number of benzene rings is 1. The Bertz CT molecular complexity index is 1080. The standard InChI is InChI=1S/C22H23ClN4O6/c1-3-10-32-16-8-7-14(12-17(16)33-11-4-2)27-21(30)20(29)26(22(27)31)13-18(28)25-15-6-5-9-24-19(15)23/h5-9,12H,3-4,10-11,13H2,1-2H3,(H,25,28). The van der Waals surface area contributed by atoms with Crippen molar-refractivity contribution in [1.82, 2.24) is 9.88 Å². The third kappa shape index (κ3) is 5.40. The van der Waals surface area contributed by atoms with Crippen LogP contribution in [0.4, 0.5) is 16.2 Å². The first-order valence-corrected chi connectivity index (χ1v) is 10.7. The second kappa shape index (κ2) is 10.8. The van der Waals surface area contributed by atoms with E-state index in [0.29, 0.717) is 34.5 Å². The van der Waals surface area contributed by atoms with Gasteiger partial charge in [-0.1, -0.05) is 25.4 Å². The fourth-order valence-corrected chi connectivity index (χ4v) is 3.14. The van der Waals surface area contributed by atoms with E-state index in [1.165, 1.54) is 24.4 Å². The number of amides is 5. The maximum atomic E-state index is 12.9. The number of nitrogens with one attached hydrogen (secondary N) is 1. The van der Waals surface area contributed by atoms with Gasteiger partial charge in [-0.25, -0.2) is 19.6 Å². The number of nitrogens with zero attached hydrogens (tertiary/aromatic N) is 3. The van der Waals surface area contributed by atoms with Crippen molar-refractivity contribution in [2.45, 2.75) is 26.7 Å². The third-order valence-corrected chi connectivity index (χ3v) is 4.80. The summed E-state index contributed by atoms with van der Waals surface area (Å²) in [7, 11) is 0. The molecule has 2 heterocycles. The van der Waals surface area contributed by atoms with E-state index in [-0.39, 0.29) is 16.5 Å². The van der Waals surface area contributed by atoms with Gasteiger partial charge >= 0.3 is 17.8 Å². The third-order valence-electron chi connectivity index (χ3n) is 4.50. The number of imide groups is 2. The molecule has 10 nitrogen and oxygen atoms in total. The monoisotopic (exact) mass is 474 g/mol. The SMILES string of the molecule is CCCOc1ccc(N2C(=O)C(=O)N(CC(=O)Nc3cccnc3Cl)C2=O)cc1OCCC. The lowest BCUT2D eigenvalue weighted by molar-refractivity contribution is -0.140. The van der Waals surface area contributed by atoms with E-state index in [1.54, 1.807) is 12.1 Å². The molecule has 0 aliphatic carbocycles. The van der Waals surface area contributed by atoms with Crippen LogP contribution in [0.3, 0.4) is 0 Å². The van der Waals surface area contributed by atoms with Crippen LogP contribution in [0.2, 0.25) is 5.15 Å². The van der Waals surface area contributed by atoms with Crippen molar-refractivity contribution in [3.8, 4) is 11.5 Å².